The standard InChI is InChI=1S/C14H16FNO3/c1-8-11(4-3-5-12(8)15)13(17)16(10-6-7-10)9(2)14(18)19/h3-5,9-10H,6-7H2,1-2H3,(H,18,19). The van der Waals surface area contributed by atoms with Gasteiger partial charge in [-0.25, -0.2) is 9.18 Å². The highest BCUT2D eigenvalue weighted by atomic mass is 19.1. The van der Waals surface area contributed by atoms with Gasteiger partial charge in [0.25, 0.3) is 5.91 Å². The second-order valence-corrected chi connectivity index (χ2v) is 4.87. The third-order valence-corrected chi connectivity index (χ3v) is 3.45. The van der Waals surface area contributed by atoms with E-state index in [2.05, 4.69) is 0 Å². The molecule has 1 aliphatic rings. The predicted molar refractivity (Wildman–Crippen MR) is 67.4 cm³/mol. The lowest BCUT2D eigenvalue weighted by molar-refractivity contribution is -0.141. The topological polar surface area (TPSA) is 57.6 Å². The van der Waals surface area contributed by atoms with Crippen molar-refractivity contribution in [2.75, 3.05) is 0 Å². The summed E-state index contributed by atoms with van der Waals surface area (Å²) in [4.78, 5) is 24.9. The largest absolute Gasteiger partial charge is 0.480 e. The Bertz CT molecular complexity index is 525. The molecule has 0 spiro atoms. The van der Waals surface area contributed by atoms with Gasteiger partial charge >= 0.3 is 5.97 Å². The number of hydrogen-bond acceptors (Lipinski definition) is 2. The molecule has 0 aliphatic heterocycles. The van der Waals surface area contributed by atoms with Gasteiger partial charge in [-0.1, -0.05) is 6.07 Å². The van der Waals surface area contributed by atoms with Crippen molar-refractivity contribution in [3.8, 4) is 0 Å². The van der Waals surface area contributed by atoms with E-state index in [-0.39, 0.29) is 17.2 Å². The van der Waals surface area contributed by atoms with Crippen LogP contribution >= 0.6 is 0 Å². The minimum Gasteiger partial charge on any atom is -0.480 e. The minimum absolute atomic E-state index is 0.0405. The molecule has 1 saturated carbocycles. The molecule has 2 rings (SSSR count). The summed E-state index contributed by atoms with van der Waals surface area (Å²) in [5.41, 5.74) is 0.496. The summed E-state index contributed by atoms with van der Waals surface area (Å²) in [7, 11) is 0. The number of carbonyl (C=O) groups is 2. The zero-order valence-corrected chi connectivity index (χ0v) is 10.9. The lowest BCUT2D eigenvalue weighted by Gasteiger charge is -2.27. The fourth-order valence-electron chi connectivity index (χ4n) is 2.11. The van der Waals surface area contributed by atoms with Gasteiger partial charge in [-0.15, -0.1) is 0 Å². The third-order valence-electron chi connectivity index (χ3n) is 3.45. The molecule has 1 atom stereocenters. The Morgan fingerprint density at radius 3 is 2.58 bits per heavy atom. The summed E-state index contributed by atoms with van der Waals surface area (Å²) < 4.78 is 13.5. The Morgan fingerprint density at radius 2 is 2.05 bits per heavy atom. The Kier molecular flexibility index (Phi) is 3.55. The molecule has 1 aliphatic carbocycles. The van der Waals surface area contributed by atoms with Crippen molar-refractivity contribution >= 4 is 11.9 Å². The summed E-state index contributed by atoms with van der Waals surface area (Å²) in [6.07, 6.45) is 1.61. The molecule has 1 N–H and O–H groups in total. The zero-order valence-electron chi connectivity index (χ0n) is 10.9. The lowest BCUT2D eigenvalue weighted by Crippen LogP contribution is -2.45. The molecule has 1 aromatic rings. The Labute approximate surface area is 110 Å². The molecule has 19 heavy (non-hydrogen) atoms. The van der Waals surface area contributed by atoms with Gasteiger partial charge in [0.1, 0.15) is 11.9 Å². The Hall–Kier alpha value is -1.91. The van der Waals surface area contributed by atoms with E-state index >= 15 is 0 Å². The monoisotopic (exact) mass is 265 g/mol. The lowest BCUT2D eigenvalue weighted by atomic mass is 10.1. The number of aliphatic carboxylic acids is 1. The van der Waals surface area contributed by atoms with E-state index in [9.17, 15) is 14.0 Å². The van der Waals surface area contributed by atoms with E-state index in [1.54, 1.807) is 0 Å². The van der Waals surface area contributed by atoms with Gasteiger partial charge in [-0.2, -0.15) is 0 Å². The van der Waals surface area contributed by atoms with Crippen molar-refractivity contribution < 1.29 is 19.1 Å². The molecule has 5 heteroatoms. The van der Waals surface area contributed by atoms with E-state index in [1.165, 1.54) is 36.9 Å². The van der Waals surface area contributed by atoms with Crippen LogP contribution in [0.4, 0.5) is 4.39 Å². The number of carbonyl (C=O) groups excluding carboxylic acids is 1. The van der Waals surface area contributed by atoms with Gasteiger partial charge < -0.3 is 10.0 Å². The van der Waals surface area contributed by atoms with Crippen molar-refractivity contribution in [3.63, 3.8) is 0 Å². The van der Waals surface area contributed by atoms with Crippen molar-refractivity contribution in [2.45, 2.75) is 38.8 Å². The molecule has 1 unspecified atom stereocenters. The summed E-state index contributed by atoms with van der Waals surface area (Å²) in [6.45, 7) is 3.01. The van der Waals surface area contributed by atoms with Crippen LogP contribution in [-0.4, -0.2) is 34.0 Å². The first-order chi connectivity index (χ1) is 8.93. The Balaban J connectivity index is 2.34. The summed E-state index contributed by atoms with van der Waals surface area (Å²) in [5, 5.41) is 9.08. The van der Waals surface area contributed by atoms with Crippen LogP contribution in [0.2, 0.25) is 0 Å². The van der Waals surface area contributed by atoms with Crippen LogP contribution in [0, 0.1) is 12.7 Å². The van der Waals surface area contributed by atoms with E-state index in [0.29, 0.717) is 0 Å². The maximum atomic E-state index is 13.5. The molecular formula is C14H16FNO3. The second-order valence-electron chi connectivity index (χ2n) is 4.87. The molecule has 0 radical (unpaired) electrons. The highest BCUT2D eigenvalue weighted by molar-refractivity contribution is 5.98. The number of benzene rings is 1. The minimum atomic E-state index is -1.05. The fraction of sp³-hybridized carbons (Fsp3) is 0.429. The van der Waals surface area contributed by atoms with Crippen LogP contribution in [0.25, 0.3) is 0 Å². The van der Waals surface area contributed by atoms with Crippen LogP contribution < -0.4 is 0 Å². The number of carboxylic acid groups (broad SMARTS) is 1. The van der Waals surface area contributed by atoms with Crippen molar-refractivity contribution in [1.82, 2.24) is 4.90 Å². The summed E-state index contributed by atoms with van der Waals surface area (Å²) in [5.74, 6) is -1.91. The van der Waals surface area contributed by atoms with E-state index in [1.807, 2.05) is 0 Å². The van der Waals surface area contributed by atoms with Gasteiger partial charge in [0.05, 0.1) is 0 Å². The third kappa shape index (κ3) is 2.59. The normalized spacial score (nSPS) is 15.9. The summed E-state index contributed by atoms with van der Waals surface area (Å²) >= 11 is 0. The first kappa shape index (κ1) is 13.5. The average molecular weight is 265 g/mol. The number of rotatable bonds is 4. The van der Waals surface area contributed by atoms with E-state index < -0.39 is 23.7 Å². The SMILES string of the molecule is Cc1c(F)cccc1C(=O)N(C1CC1)C(C)C(=O)O. The first-order valence-electron chi connectivity index (χ1n) is 6.24. The average Bonchev–Trinajstić information content (AvgIpc) is 3.17. The molecular weight excluding hydrogens is 249 g/mol. The van der Waals surface area contributed by atoms with E-state index in [4.69, 9.17) is 5.11 Å². The van der Waals surface area contributed by atoms with Gasteiger partial charge in [-0.3, -0.25) is 4.79 Å². The smallest absolute Gasteiger partial charge is 0.326 e. The number of hydrogen-bond donors (Lipinski definition) is 1. The predicted octanol–water partition coefficient (Wildman–Crippen LogP) is 2.21. The van der Waals surface area contributed by atoms with Gasteiger partial charge in [0, 0.05) is 11.6 Å². The van der Waals surface area contributed by atoms with Crippen molar-refractivity contribution in [3.05, 3.63) is 35.1 Å². The van der Waals surface area contributed by atoms with Crippen LogP contribution in [0.15, 0.2) is 18.2 Å². The maximum absolute atomic E-state index is 13.5. The molecule has 0 aromatic heterocycles. The van der Waals surface area contributed by atoms with Gasteiger partial charge in [0.15, 0.2) is 0 Å². The molecule has 1 fully saturated rings. The van der Waals surface area contributed by atoms with Crippen molar-refractivity contribution in [2.24, 2.45) is 0 Å². The molecule has 0 saturated heterocycles. The molecule has 1 amide bonds. The van der Waals surface area contributed by atoms with Crippen LogP contribution in [-0.2, 0) is 4.79 Å². The molecule has 4 nitrogen and oxygen atoms in total. The number of carboxylic acids is 1. The quantitative estimate of drug-likeness (QED) is 0.908. The fourth-order valence-corrected chi connectivity index (χ4v) is 2.11. The van der Waals surface area contributed by atoms with Gasteiger partial charge in [0.2, 0.25) is 0 Å². The number of nitrogens with zero attached hydrogens (tertiary/aromatic N) is 1. The van der Waals surface area contributed by atoms with Crippen LogP contribution in [0.3, 0.4) is 0 Å². The molecule has 102 valence electrons. The summed E-state index contributed by atoms with van der Waals surface area (Å²) in [6, 6.07) is 3.34. The Morgan fingerprint density at radius 1 is 1.42 bits per heavy atom. The highest BCUT2D eigenvalue weighted by Gasteiger charge is 2.39. The molecule has 1 aromatic carbocycles. The highest BCUT2D eigenvalue weighted by Crippen LogP contribution is 2.31. The first-order valence-corrected chi connectivity index (χ1v) is 6.24. The molecule has 0 bridgehead atoms. The number of halogens is 1. The van der Waals surface area contributed by atoms with Crippen LogP contribution in [0.1, 0.15) is 35.7 Å². The maximum Gasteiger partial charge on any atom is 0.326 e. The van der Waals surface area contributed by atoms with Gasteiger partial charge in [-0.05, 0) is 44.4 Å². The van der Waals surface area contributed by atoms with Crippen LogP contribution in [0.5, 0.6) is 0 Å². The molecule has 0 heterocycles. The van der Waals surface area contributed by atoms with E-state index in [0.717, 1.165) is 12.8 Å². The van der Waals surface area contributed by atoms with Crippen molar-refractivity contribution in [1.29, 1.82) is 0 Å². The number of amides is 1. The zero-order chi connectivity index (χ0) is 14.2. The second kappa shape index (κ2) is 4.99.